The summed E-state index contributed by atoms with van der Waals surface area (Å²) in [6, 6.07) is 19.8. The Kier molecular flexibility index (Phi) is 5.50. The number of nitrogens with zero attached hydrogens (tertiary/aromatic N) is 1. The Balaban J connectivity index is 1.39. The van der Waals surface area contributed by atoms with Crippen LogP contribution in [0.1, 0.15) is 40.6 Å². The second kappa shape index (κ2) is 8.62. The number of nitrogens with one attached hydrogen (secondary N) is 1. The van der Waals surface area contributed by atoms with Crippen LogP contribution >= 0.6 is 0 Å². The predicted molar refractivity (Wildman–Crippen MR) is 128 cm³/mol. The van der Waals surface area contributed by atoms with E-state index in [0.29, 0.717) is 12.4 Å². The SMILES string of the molecule is COc1cc([N+](=O)[O-])cc2c1N[C@@H](c1ccc(OCc3ccc(C)cc3)cc1)[C@H]1CC=C[C@@H]21. The van der Waals surface area contributed by atoms with Gasteiger partial charge in [0.25, 0.3) is 5.69 Å². The summed E-state index contributed by atoms with van der Waals surface area (Å²) in [6.45, 7) is 2.60. The minimum absolute atomic E-state index is 0.0555. The van der Waals surface area contributed by atoms with Crippen LogP contribution in [0.15, 0.2) is 72.8 Å². The van der Waals surface area contributed by atoms with E-state index in [1.807, 2.05) is 12.1 Å². The Morgan fingerprint density at radius 1 is 1.09 bits per heavy atom. The van der Waals surface area contributed by atoms with E-state index in [1.165, 1.54) is 11.6 Å². The molecule has 3 aromatic carbocycles. The van der Waals surface area contributed by atoms with E-state index in [0.717, 1.165) is 34.5 Å². The van der Waals surface area contributed by atoms with Gasteiger partial charge in [-0.25, -0.2) is 0 Å². The largest absolute Gasteiger partial charge is 0.494 e. The standard InChI is InChI=1S/C27H26N2O4/c1-17-6-8-18(9-7-17)16-33-21-12-10-19(11-13-21)26-23-5-3-4-22(23)24-14-20(29(30)31)15-25(32-2)27(24)28-26/h3-4,6-15,22-23,26,28H,5,16H2,1-2H3/t22-,23+,26+/m1/s1. The number of rotatable bonds is 6. The second-order valence-corrected chi connectivity index (χ2v) is 8.69. The normalized spacial score (nSPS) is 20.5. The van der Waals surface area contributed by atoms with E-state index in [4.69, 9.17) is 9.47 Å². The lowest BCUT2D eigenvalue weighted by Crippen LogP contribution is -2.29. The number of aryl methyl sites for hydroxylation is 1. The molecule has 33 heavy (non-hydrogen) atoms. The Labute approximate surface area is 193 Å². The third kappa shape index (κ3) is 4.04. The summed E-state index contributed by atoms with van der Waals surface area (Å²) in [6.07, 6.45) is 5.25. The van der Waals surface area contributed by atoms with E-state index in [2.05, 4.69) is 60.8 Å². The number of benzene rings is 3. The first-order chi connectivity index (χ1) is 16.0. The fourth-order valence-electron chi connectivity index (χ4n) is 4.87. The lowest BCUT2D eigenvalue weighted by molar-refractivity contribution is -0.385. The first-order valence-electron chi connectivity index (χ1n) is 11.1. The summed E-state index contributed by atoms with van der Waals surface area (Å²) in [5.41, 5.74) is 5.34. The lowest BCUT2D eigenvalue weighted by atomic mass is 9.76. The molecule has 0 fully saturated rings. The van der Waals surface area contributed by atoms with Crippen molar-refractivity contribution in [1.82, 2.24) is 0 Å². The molecule has 0 spiro atoms. The summed E-state index contributed by atoms with van der Waals surface area (Å²) in [7, 11) is 1.55. The molecule has 1 heterocycles. The van der Waals surface area contributed by atoms with Crippen molar-refractivity contribution in [2.75, 3.05) is 12.4 Å². The second-order valence-electron chi connectivity index (χ2n) is 8.69. The van der Waals surface area contributed by atoms with Crippen LogP contribution in [0.25, 0.3) is 0 Å². The predicted octanol–water partition coefficient (Wildman–Crippen LogP) is 6.32. The molecule has 2 aliphatic rings. The Bertz CT molecular complexity index is 1200. The van der Waals surface area contributed by atoms with E-state index < -0.39 is 0 Å². The minimum Gasteiger partial charge on any atom is -0.494 e. The average Bonchev–Trinajstić information content (AvgIpc) is 3.33. The van der Waals surface area contributed by atoms with Crippen molar-refractivity contribution in [3.8, 4) is 11.5 Å². The molecular weight excluding hydrogens is 416 g/mol. The Morgan fingerprint density at radius 3 is 2.55 bits per heavy atom. The van der Waals surface area contributed by atoms with Gasteiger partial charge in [-0.1, -0.05) is 54.1 Å². The van der Waals surface area contributed by atoms with Gasteiger partial charge in [-0.3, -0.25) is 10.1 Å². The van der Waals surface area contributed by atoms with Crippen molar-refractivity contribution >= 4 is 11.4 Å². The van der Waals surface area contributed by atoms with E-state index in [1.54, 1.807) is 13.2 Å². The van der Waals surface area contributed by atoms with Crippen molar-refractivity contribution in [2.24, 2.45) is 5.92 Å². The smallest absolute Gasteiger partial charge is 0.273 e. The van der Waals surface area contributed by atoms with E-state index in [9.17, 15) is 10.1 Å². The molecule has 0 bridgehead atoms. The fraction of sp³-hybridized carbons (Fsp3) is 0.259. The maximum absolute atomic E-state index is 11.4. The highest BCUT2D eigenvalue weighted by molar-refractivity contribution is 5.71. The van der Waals surface area contributed by atoms with Gasteiger partial charge in [-0.15, -0.1) is 0 Å². The van der Waals surface area contributed by atoms with Crippen LogP contribution in [-0.4, -0.2) is 12.0 Å². The molecule has 0 amide bonds. The zero-order chi connectivity index (χ0) is 22.9. The molecule has 168 valence electrons. The van der Waals surface area contributed by atoms with Gasteiger partial charge in [-0.05, 0) is 48.1 Å². The van der Waals surface area contributed by atoms with Crippen LogP contribution in [0.5, 0.6) is 11.5 Å². The Hall–Kier alpha value is -3.80. The summed E-state index contributed by atoms with van der Waals surface area (Å²) in [4.78, 5) is 11.1. The summed E-state index contributed by atoms with van der Waals surface area (Å²) in [5.74, 6) is 1.71. The highest BCUT2D eigenvalue weighted by atomic mass is 16.6. The number of fused-ring (bicyclic) bond motifs is 3. The maximum Gasteiger partial charge on any atom is 0.273 e. The number of hydrogen-bond acceptors (Lipinski definition) is 5. The molecule has 5 rings (SSSR count). The van der Waals surface area contributed by atoms with E-state index in [-0.39, 0.29) is 28.5 Å². The Morgan fingerprint density at radius 2 is 1.85 bits per heavy atom. The molecule has 6 heteroatoms. The van der Waals surface area contributed by atoms with Gasteiger partial charge in [-0.2, -0.15) is 0 Å². The number of hydrogen-bond donors (Lipinski definition) is 1. The molecule has 0 radical (unpaired) electrons. The van der Waals surface area contributed by atoms with Gasteiger partial charge >= 0.3 is 0 Å². The summed E-state index contributed by atoms with van der Waals surface area (Å²) >= 11 is 0. The zero-order valence-corrected chi connectivity index (χ0v) is 18.7. The fourth-order valence-corrected chi connectivity index (χ4v) is 4.87. The van der Waals surface area contributed by atoms with Gasteiger partial charge < -0.3 is 14.8 Å². The summed E-state index contributed by atoms with van der Waals surface area (Å²) < 4.78 is 11.5. The highest BCUT2D eigenvalue weighted by Crippen LogP contribution is 2.53. The van der Waals surface area contributed by atoms with Gasteiger partial charge in [0.1, 0.15) is 18.1 Å². The third-order valence-corrected chi connectivity index (χ3v) is 6.61. The number of methoxy groups -OCH3 is 1. The van der Waals surface area contributed by atoms with Crippen LogP contribution in [-0.2, 0) is 6.61 Å². The lowest BCUT2D eigenvalue weighted by Gasteiger charge is -2.38. The molecule has 0 saturated heterocycles. The topological polar surface area (TPSA) is 73.6 Å². The van der Waals surface area contributed by atoms with Gasteiger partial charge in [0, 0.05) is 12.0 Å². The molecule has 3 atom stereocenters. The number of non-ortho nitro benzene ring substituents is 1. The molecule has 1 aliphatic carbocycles. The van der Waals surface area contributed by atoms with Gasteiger partial charge in [0.15, 0.2) is 0 Å². The number of nitro benzene ring substituents is 1. The molecule has 0 saturated carbocycles. The molecule has 6 nitrogen and oxygen atoms in total. The molecule has 1 aliphatic heterocycles. The molecular formula is C27H26N2O4. The number of allylic oxidation sites excluding steroid dienone is 2. The van der Waals surface area contributed by atoms with Gasteiger partial charge in [0.05, 0.1) is 29.8 Å². The highest BCUT2D eigenvalue weighted by Gasteiger charge is 2.40. The van der Waals surface area contributed by atoms with Crippen molar-refractivity contribution in [2.45, 2.75) is 31.9 Å². The van der Waals surface area contributed by atoms with Crippen LogP contribution in [0.4, 0.5) is 11.4 Å². The van der Waals surface area contributed by atoms with Crippen LogP contribution < -0.4 is 14.8 Å². The van der Waals surface area contributed by atoms with Crippen LogP contribution in [0.2, 0.25) is 0 Å². The number of ether oxygens (including phenoxy) is 2. The van der Waals surface area contributed by atoms with Crippen molar-refractivity contribution in [3.63, 3.8) is 0 Å². The average molecular weight is 443 g/mol. The zero-order valence-electron chi connectivity index (χ0n) is 18.7. The van der Waals surface area contributed by atoms with Crippen molar-refractivity contribution in [1.29, 1.82) is 0 Å². The van der Waals surface area contributed by atoms with Crippen LogP contribution in [0.3, 0.4) is 0 Å². The molecule has 1 N–H and O–H groups in total. The summed E-state index contributed by atoms with van der Waals surface area (Å²) in [5, 5.41) is 15.0. The van der Waals surface area contributed by atoms with Gasteiger partial charge in [0.2, 0.25) is 0 Å². The maximum atomic E-state index is 11.4. The van der Waals surface area contributed by atoms with Crippen molar-refractivity contribution in [3.05, 3.63) is 105 Å². The number of anilines is 1. The number of nitro groups is 1. The quantitative estimate of drug-likeness (QED) is 0.275. The third-order valence-electron chi connectivity index (χ3n) is 6.61. The molecule has 0 aromatic heterocycles. The first kappa shape index (κ1) is 21.1. The first-order valence-corrected chi connectivity index (χ1v) is 11.1. The van der Waals surface area contributed by atoms with Crippen molar-refractivity contribution < 1.29 is 14.4 Å². The monoisotopic (exact) mass is 442 g/mol. The molecule has 0 unspecified atom stereocenters. The van der Waals surface area contributed by atoms with Crippen LogP contribution in [0, 0.1) is 23.0 Å². The molecule has 3 aromatic rings. The van der Waals surface area contributed by atoms with E-state index >= 15 is 0 Å². The minimum atomic E-state index is -0.363.